The Morgan fingerprint density at radius 2 is 2.00 bits per heavy atom. The van der Waals surface area contributed by atoms with Crippen LogP contribution in [0.25, 0.3) is 0 Å². The van der Waals surface area contributed by atoms with Crippen molar-refractivity contribution < 1.29 is 22.3 Å². The van der Waals surface area contributed by atoms with E-state index in [2.05, 4.69) is 5.32 Å². The van der Waals surface area contributed by atoms with Crippen LogP contribution in [0.5, 0.6) is 0 Å². The SMILES string of the molecule is CCC(COC)Nc1cc(C(F)(F)F)ccc1F. The van der Waals surface area contributed by atoms with Crippen LogP contribution < -0.4 is 5.32 Å². The summed E-state index contributed by atoms with van der Waals surface area (Å²) < 4.78 is 55.8. The molecule has 1 aromatic rings. The molecule has 0 saturated carbocycles. The van der Waals surface area contributed by atoms with Gasteiger partial charge in [0.2, 0.25) is 0 Å². The number of hydrogen-bond acceptors (Lipinski definition) is 2. The quantitative estimate of drug-likeness (QED) is 0.820. The van der Waals surface area contributed by atoms with Gasteiger partial charge in [0.25, 0.3) is 0 Å². The lowest BCUT2D eigenvalue weighted by molar-refractivity contribution is -0.137. The summed E-state index contributed by atoms with van der Waals surface area (Å²) in [5.74, 6) is -0.711. The van der Waals surface area contributed by atoms with Crippen molar-refractivity contribution in [2.45, 2.75) is 25.6 Å². The Hall–Kier alpha value is -1.30. The van der Waals surface area contributed by atoms with E-state index in [1.165, 1.54) is 7.11 Å². The molecule has 0 bridgehead atoms. The highest BCUT2D eigenvalue weighted by molar-refractivity contribution is 5.48. The largest absolute Gasteiger partial charge is 0.416 e. The van der Waals surface area contributed by atoms with Crippen molar-refractivity contribution in [1.29, 1.82) is 0 Å². The molecule has 0 heterocycles. The molecule has 2 nitrogen and oxygen atoms in total. The molecule has 1 N–H and O–H groups in total. The monoisotopic (exact) mass is 265 g/mol. The number of benzene rings is 1. The van der Waals surface area contributed by atoms with Crippen LogP contribution in [0.4, 0.5) is 23.2 Å². The fraction of sp³-hybridized carbons (Fsp3) is 0.500. The van der Waals surface area contributed by atoms with Crippen LogP contribution in [0.1, 0.15) is 18.9 Å². The van der Waals surface area contributed by atoms with Gasteiger partial charge in [0.15, 0.2) is 0 Å². The van der Waals surface area contributed by atoms with E-state index >= 15 is 0 Å². The lowest BCUT2D eigenvalue weighted by Crippen LogP contribution is -2.24. The predicted molar refractivity (Wildman–Crippen MR) is 61.0 cm³/mol. The van der Waals surface area contributed by atoms with Crippen molar-refractivity contribution in [1.82, 2.24) is 0 Å². The van der Waals surface area contributed by atoms with Crippen LogP contribution in [-0.4, -0.2) is 19.8 Å². The first-order chi connectivity index (χ1) is 8.38. The molecular weight excluding hydrogens is 250 g/mol. The van der Waals surface area contributed by atoms with Crippen molar-refractivity contribution in [3.8, 4) is 0 Å². The Morgan fingerprint density at radius 1 is 1.33 bits per heavy atom. The van der Waals surface area contributed by atoms with E-state index in [0.717, 1.165) is 18.2 Å². The third kappa shape index (κ3) is 3.87. The summed E-state index contributed by atoms with van der Waals surface area (Å²) in [6.45, 7) is 2.13. The van der Waals surface area contributed by atoms with Crippen molar-refractivity contribution in [2.75, 3.05) is 19.0 Å². The molecule has 0 radical (unpaired) electrons. The molecule has 0 aliphatic heterocycles. The van der Waals surface area contributed by atoms with Crippen LogP contribution in [0, 0.1) is 5.82 Å². The van der Waals surface area contributed by atoms with Gasteiger partial charge in [0, 0.05) is 13.2 Å². The van der Waals surface area contributed by atoms with Gasteiger partial charge in [0.05, 0.1) is 17.9 Å². The highest BCUT2D eigenvalue weighted by Crippen LogP contribution is 2.32. The first-order valence-electron chi connectivity index (χ1n) is 5.50. The van der Waals surface area contributed by atoms with Crippen LogP contribution in [0.15, 0.2) is 18.2 Å². The summed E-state index contributed by atoms with van der Waals surface area (Å²) in [4.78, 5) is 0. The van der Waals surface area contributed by atoms with E-state index in [9.17, 15) is 17.6 Å². The molecule has 1 atom stereocenters. The Bertz CT molecular complexity index is 392. The number of anilines is 1. The van der Waals surface area contributed by atoms with Gasteiger partial charge in [-0.1, -0.05) is 6.92 Å². The molecule has 6 heteroatoms. The third-order valence-electron chi connectivity index (χ3n) is 2.51. The van der Waals surface area contributed by atoms with Crippen molar-refractivity contribution in [3.63, 3.8) is 0 Å². The third-order valence-corrected chi connectivity index (χ3v) is 2.51. The molecule has 0 aliphatic rings. The minimum absolute atomic E-state index is 0.159. The number of ether oxygens (including phenoxy) is 1. The van der Waals surface area contributed by atoms with E-state index in [1.54, 1.807) is 0 Å². The van der Waals surface area contributed by atoms with Crippen molar-refractivity contribution in [3.05, 3.63) is 29.6 Å². The van der Waals surface area contributed by atoms with Crippen LogP contribution in [-0.2, 0) is 10.9 Å². The molecule has 18 heavy (non-hydrogen) atoms. The molecule has 1 aromatic carbocycles. The molecule has 0 aliphatic carbocycles. The zero-order valence-corrected chi connectivity index (χ0v) is 10.1. The number of alkyl halides is 3. The first-order valence-corrected chi connectivity index (χ1v) is 5.50. The Morgan fingerprint density at radius 3 is 2.50 bits per heavy atom. The molecule has 0 spiro atoms. The summed E-state index contributed by atoms with van der Waals surface area (Å²) >= 11 is 0. The molecule has 102 valence electrons. The second kappa shape index (κ2) is 6.04. The predicted octanol–water partition coefficient (Wildman–Crippen LogP) is 3.68. The van der Waals surface area contributed by atoms with E-state index in [0.29, 0.717) is 13.0 Å². The second-order valence-corrected chi connectivity index (χ2v) is 3.90. The number of rotatable bonds is 5. The lowest BCUT2D eigenvalue weighted by atomic mass is 10.1. The maximum Gasteiger partial charge on any atom is 0.416 e. The number of halogens is 4. The van der Waals surface area contributed by atoms with Crippen LogP contribution >= 0.6 is 0 Å². The fourth-order valence-electron chi connectivity index (χ4n) is 1.49. The zero-order chi connectivity index (χ0) is 13.8. The van der Waals surface area contributed by atoms with Gasteiger partial charge in [-0.05, 0) is 24.6 Å². The Kier molecular flexibility index (Phi) is 4.95. The summed E-state index contributed by atoms with van der Waals surface area (Å²) in [5, 5.41) is 2.71. The van der Waals surface area contributed by atoms with Crippen LogP contribution in [0.2, 0.25) is 0 Å². The Labute approximate surface area is 103 Å². The summed E-state index contributed by atoms with van der Waals surface area (Å²) in [6.07, 6.45) is -3.86. The first kappa shape index (κ1) is 14.8. The normalized spacial score (nSPS) is 13.4. The lowest BCUT2D eigenvalue weighted by Gasteiger charge is -2.18. The van der Waals surface area contributed by atoms with E-state index < -0.39 is 17.6 Å². The summed E-state index contributed by atoms with van der Waals surface area (Å²) in [6, 6.07) is 2.07. The number of hydrogen-bond donors (Lipinski definition) is 1. The van der Waals surface area contributed by atoms with Gasteiger partial charge in [-0.3, -0.25) is 0 Å². The second-order valence-electron chi connectivity index (χ2n) is 3.90. The zero-order valence-electron chi connectivity index (χ0n) is 10.1. The number of methoxy groups -OCH3 is 1. The minimum Gasteiger partial charge on any atom is -0.383 e. The smallest absolute Gasteiger partial charge is 0.383 e. The molecule has 1 unspecified atom stereocenters. The Balaban J connectivity index is 2.93. The van der Waals surface area contributed by atoms with Crippen molar-refractivity contribution in [2.24, 2.45) is 0 Å². The molecule has 0 saturated heterocycles. The molecule has 0 aromatic heterocycles. The topological polar surface area (TPSA) is 21.3 Å². The van der Waals surface area contributed by atoms with Gasteiger partial charge < -0.3 is 10.1 Å². The van der Waals surface area contributed by atoms with Gasteiger partial charge >= 0.3 is 6.18 Å². The van der Waals surface area contributed by atoms with Gasteiger partial charge in [-0.2, -0.15) is 13.2 Å². The van der Waals surface area contributed by atoms with Crippen molar-refractivity contribution >= 4 is 5.69 Å². The highest BCUT2D eigenvalue weighted by atomic mass is 19.4. The minimum atomic E-state index is -4.48. The van der Waals surface area contributed by atoms with E-state index in [1.807, 2.05) is 6.92 Å². The van der Waals surface area contributed by atoms with Crippen LogP contribution in [0.3, 0.4) is 0 Å². The highest BCUT2D eigenvalue weighted by Gasteiger charge is 2.31. The molecular formula is C12H15F4NO. The maximum absolute atomic E-state index is 13.4. The number of nitrogens with one attached hydrogen (secondary N) is 1. The summed E-state index contributed by atoms with van der Waals surface area (Å²) in [5.41, 5.74) is -1.03. The average molecular weight is 265 g/mol. The molecule has 1 rings (SSSR count). The molecule has 0 amide bonds. The fourth-order valence-corrected chi connectivity index (χ4v) is 1.49. The standard InChI is InChI=1S/C12H15F4NO/c1-3-9(7-18-2)17-11-6-8(12(14,15)16)4-5-10(11)13/h4-6,9,17H,3,7H2,1-2H3. The van der Waals surface area contributed by atoms with Gasteiger partial charge in [-0.15, -0.1) is 0 Å². The molecule has 0 fully saturated rings. The van der Waals surface area contributed by atoms with Gasteiger partial charge in [0.1, 0.15) is 5.82 Å². The maximum atomic E-state index is 13.4. The van der Waals surface area contributed by atoms with Gasteiger partial charge in [-0.25, -0.2) is 4.39 Å². The summed E-state index contributed by atoms with van der Waals surface area (Å²) in [7, 11) is 1.48. The average Bonchev–Trinajstić information content (AvgIpc) is 2.29. The van der Waals surface area contributed by atoms with E-state index in [-0.39, 0.29) is 11.7 Å². The van der Waals surface area contributed by atoms with E-state index in [4.69, 9.17) is 4.74 Å².